The Balaban J connectivity index is 2.35. The van der Waals surface area contributed by atoms with Crippen molar-refractivity contribution < 1.29 is 23.0 Å². The number of carbonyl (C=O) groups is 1. The summed E-state index contributed by atoms with van der Waals surface area (Å²) in [5, 5.41) is 0. The predicted octanol–water partition coefficient (Wildman–Crippen LogP) is 3.46. The molecule has 6 nitrogen and oxygen atoms in total. The van der Waals surface area contributed by atoms with Crippen molar-refractivity contribution in [3.05, 3.63) is 29.8 Å². The van der Waals surface area contributed by atoms with Crippen LogP contribution in [0.1, 0.15) is 33.3 Å². The second-order valence-electron chi connectivity index (χ2n) is 6.46. The maximum atomic E-state index is 12.6. The second-order valence-corrected chi connectivity index (χ2v) is 8.72. The molecule has 132 valence electrons. The van der Waals surface area contributed by atoms with Crippen LogP contribution in [-0.2, 0) is 29.4 Å². The fourth-order valence-electron chi connectivity index (χ4n) is 2.81. The number of nitrogens with zero attached hydrogens (tertiary/aromatic N) is 1. The van der Waals surface area contributed by atoms with Gasteiger partial charge in [0.05, 0.1) is 21.9 Å². The average molecular weight is 353 g/mol. The summed E-state index contributed by atoms with van der Waals surface area (Å²) < 4.78 is 32.9. The molecule has 0 aliphatic carbocycles. The summed E-state index contributed by atoms with van der Waals surface area (Å²) in [7, 11) is -3.16. The number of ether oxygens (including phenoxy) is 1. The van der Waals surface area contributed by atoms with E-state index in [-0.39, 0.29) is 13.7 Å². The highest BCUT2D eigenvalue weighted by atomic mass is 32.2. The summed E-state index contributed by atoms with van der Waals surface area (Å²) in [5.74, 6) is 0. The van der Waals surface area contributed by atoms with Gasteiger partial charge in [0, 0.05) is 11.2 Å². The molecule has 2 atom stereocenters. The van der Waals surface area contributed by atoms with Gasteiger partial charge in [-0.05, 0) is 52.2 Å². The highest BCUT2D eigenvalue weighted by Crippen LogP contribution is 2.45. The minimum atomic E-state index is -2.85. The Hall–Kier alpha value is -1.38. The minimum absolute atomic E-state index is 0.194. The molecule has 0 radical (unpaired) electrons. The van der Waals surface area contributed by atoms with E-state index in [4.69, 9.17) is 14.0 Å². The first kappa shape index (κ1) is 19.0. The van der Waals surface area contributed by atoms with E-state index in [1.165, 1.54) is 6.26 Å². The van der Waals surface area contributed by atoms with Crippen LogP contribution < -0.4 is 0 Å². The van der Waals surface area contributed by atoms with Crippen molar-refractivity contribution in [1.29, 1.82) is 0 Å². The molecule has 2 unspecified atom stereocenters. The molecule has 1 aromatic rings. The molecule has 0 bridgehead atoms. The molecule has 1 aromatic carbocycles. The Kier molecular flexibility index (Phi) is 5.13. The third kappa shape index (κ3) is 3.50. The van der Waals surface area contributed by atoms with Crippen LogP contribution in [0.5, 0.6) is 0 Å². The van der Waals surface area contributed by atoms with E-state index in [1.54, 1.807) is 19.1 Å². The number of carbonyl (C=O) groups excluding carboxylic acids is 1. The molecule has 1 aliphatic rings. The molecule has 24 heavy (non-hydrogen) atoms. The van der Waals surface area contributed by atoms with E-state index < -0.39 is 27.0 Å². The number of hydrogen-bond donors (Lipinski definition) is 0. The van der Waals surface area contributed by atoms with E-state index in [0.29, 0.717) is 4.90 Å². The maximum absolute atomic E-state index is 12.6. The van der Waals surface area contributed by atoms with Crippen molar-refractivity contribution in [2.24, 2.45) is 4.36 Å². The van der Waals surface area contributed by atoms with Crippen LogP contribution in [0.15, 0.2) is 33.5 Å². The Morgan fingerprint density at radius 1 is 1.25 bits per heavy atom. The molecular weight excluding hydrogens is 329 g/mol. The van der Waals surface area contributed by atoms with Crippen LogP contribution in [0.2, 0.25) is 6.82 Å². The van der Waals surface area contributed by atoms with E-state index in [9.17, 15) is 9.00 Å². The van der Waals surface area contributed by atoms with Crippen LogP contribution in [-0.4, -0.2) is 35.9 Å². The lowest BCUT2D eigenvalue weighted by Crippen LogP contribution is -2.42. The highest BCUT2D eigenvalue weighted by molar-refractivity contribution is 7.93. The number of amides is 1. The van der Waals surface area contributed by atoms with Gasteiger partial charge in [0.15, 0.2) is 0 Å². The maximum Gasteiger partial charge on any atom is 0.454 e. The Bertz CT molecular complexity index is 739. The SMILES string of the molecule is CCOC(=O)N=S(C)(=O)c1ccc(C2(C)OB(C)OC2(C)C)cc1. The molecule has 0 saturated carbocycles. The Morgan fingerprint density at radius 2 is 1.83 bits per heavy atom. The van der Waals surface area contributed by atoms with Crippen molar-refractivity contribution in [1.82, 2.24) is 0 Å². The molecular formula is C16H24BNO5S. The second kappa shape index (κ2) is 6.50. The van der Waals surface area contributed by atoms with Crippen LogP contribution in [0.4, 0.5) is 4.79 Å². The highest BCUT2D eigenvalue weighted by Gasteiger charge is 2.53. The zero-order valence-corrected chi connectivity index (χ0v) is 15.8. The molecule has 1 saturated heterocycles. The first-order chi connectivity index (χ1) is 11.0. The van der Waals surface area contributed by atoms with E-state index in [0.717, 1.165) is 5.56 Å². The quantitative estimate of drug-likeness (QED) is 0.778. The summed E-state index contributed by atoms with van der Waals surface area (Å²) in [6, 6.07) is 7.08. The standard InChI is InChI=1S/C16H24BNO5S/c1-7-21-14(19)18-24(6,20)13-10-8-12(9-11-13)16(4)15(2,3)22-17(5)23-16/h8-11H,7H2,1-6H3. The molecule has 1 amide bonds. The molecule has 8 heteroatoms. The summed E-state index contributed by atoms with van der Waals surface area (Å²) in [4.78, 5) is 11.9. The van der Waals surface area contributed by atoms with Gasteiger partial charge >= 0.3 is 13.2 Å². The van der Waals surface area contributed by atoms with Gasteiger partial charge in [-0.2, -0.15) is 0 Å². The summed E-state index contributed by atoms with van der Waals surface area (Å²) in [6.45, 7) is 9.65. The van der Waals surface area contributed by atoms with E-state index in [1.807, 2.05) is 39.7 Å². The first-order valence-electron chi connectivity index (χ1n) is 7.87. The largest absolute Gasteiger partial charge is 0.454 e. The molecule has 1 fully saturated rings. The van der Waals surface area contributed by atoms with Crippen LogP contribution in [0.3, 0.4) is 0 Å². The van der Waals surface area contributed by atoms with Gasteiger partial charge in [-0.3, -0.25) is 0 Å². The van der Waals surface area contributed by atoms with Gasteiger partial charge in [-0.1, -0.05) is 12.1 Å². The van der Waals surface area contributed by atoms with Gasteiger partial charge < -0.3 is 14.0 Å². The normalized spacial score (nSPS) is 25.2. The molecule has 0 aromatic heterocycles. The smallest absolute Gasteiger partial charge is 0.448 e. The van der Waals surface area contributed by atoms with Crippen molar-refractivity contribution in [3.63, 3.8) is 0 Å². The van der Waals surface area contributed by atoms with Crippen LogP contribution >= 0.6 is 0 Å². The fourth-order valence-corrected chi connectivity index (χ4v) is 3.89. The average Bonchev–Trinajstić information content (AvgIpc) is 2.67. The number of benzene rings is 1. The third-order valence-electron chi connectivity index (χ3n) is 4.37. The minimum Gasteiger partial charge on any atom is -0.448 e. The zero-order valence-electron chi connectivity index (χ0n) is 15.0. The molecule has 1 heterocycles. The van der Waals surface area contributed by atoms with Gasteiger partial charge in [-0.25, -0.2) is 9.00 Å². The van der Waals surface area contributed by atoms with Gasteiger partial charge in [0.25, 0.3) is 0 Å². The van der Waals surface area contributed by atoms with Crippen molar-refractivity contribution in [2.45, 2.75) is 50.6 Å². The van der Waals surface area contributed by atoms with Gasteiger partial charge in [-0.15, -0.1) is 4.36 Å². The summed E-state index contributed by atoms with van der Waals surface area (Å²) in [5.41, 5.74) is -0.221. The summed E-state index contributed by atoms with van der Waals surface area (Å²) >= 11 is 0. The van der Waals surface area contributed by atoms with Crippen molar-refractivity contribution in [2.75, 3.05) is 12.9 Å². The number of hydrogen-bond acceptors (Lipinski definition) is 5. The Labute approximate surface area is 144 Å². The first-order valence-corrected chi connectivity index (χ1v) is 9.79. The lowest BCUT2D eigenvalue weighted by molar-refractivity contribution is -0.0133. The predicted molar refractivity (Wildman–Crippen MR) is 93.4 cm³/mol. The number of rotatable bonds is 3. The van der Waals surface area contributed by atoms with Crippen LogP contribution in [0, 0.1) is 0 Å². The topological polar surface area (TPSA) is 74.2 Å². The zero-order chi connectivity index (χ0) is 18.2. The van der Waals surface area contributed by atoms with Crippen LogP contribution in [0.25, 0.3) is 0 Å². The van der Waals surface area contributed by atoms with Crippen molar-refractivity contribution in [3.8, 4) is 0 Å². The summed E-state index contributed by atoms with van der Waals surface area (Å²) in [6.07, 6.45) is 0.602. The molecule has 1 aliphatic heterocycles. The lowest BCUT2D eigenvalue weighted by atomic mass is 9.81. The molecule has 2 rings (SSSR count). The van der Waals surface area contributed by atoms with E-state index >= 15 is 0 Å². The molecule has 0 spiro atoms. The lowest BCUT2D eigenvalue weighted by Gasteiger charge is -2.37. The monoisotopic (exact) mass is 353 g/mol. The Morgan fingerprint density at radius 3 is 2.29 bits per heavy atom. The van der Waals surface area contributed by atoms with Crippen molar-refractivity contribution >= 4 is 22.9 Å². The van der Waals surface area contributed by atoms with Gasteiger partial charge in [0.1, 0.15) is 5.60 Å². The fraction of sp³-hybridized carbons (Fsp3) is 0.562. The third-order valence-corrected chi connectivity index (χ3v) is 6.01. The van der Waals surface area contributed by atoms with Gasteiger partial charge in [0.2, 0.25) is 0 Å². The van der Waals surface area contributed by atoms with E-state index in [2.05, 4.69) is 4.36 Å². The molecule has 0 N–H and O–H groups in total.